The zero-order valence-corrected chi connectivity index (χ0v) is 8.88. The Morgan fingerprint density at radius 2 is 2.57 bits per heavy atom. The maximum absolute atomic E-state index is 4.17. The molecular weight excluding hydrogens is 176 g/mol. The van der Waals surface area contributed by atoms with Crippen molar-refractivity contribution in [1.82, 2.24) is 20.2 Å². The van der Waals surface area contributed by atoms with Crippen molar-refractivity contribution in [2.75, 3.05) is 20.1 Å². The predicted octanol–water partition coefficient (Wildman–Crippen LogP) is 0.512. The highest BCUT2D eigenvalue weighted by Gasteiger charge is 2.18. The maximum Gasteiger partial charge on any atom is 0.103 e. The van der Waals surface area contributed by atoms with Crippen LogP contribution in [0.3, 0.4) is 0 Å². The molecule has 4 nitrogen and oxygen atoms in total. The number of aromatic nitrogens is 2. The summed E-state index contributed by atoms with van der Waals surface area (Å²) in [5.74, 6) is 0.991. The van der Waals surface area contributed by atoms with Crippen molar-refractivity contribution in [3.8, 4) is 0 Å². The molecule has 14 heavy (non-hydrogen) atoms. The first-order valence-corrected chi connectivity index (χ1v) is 5.16. The lowest BCUT2D eigenvalue weighted by atomic mass is 10.2. The molecule has 2 rings (SSSR count). The lowest BCUT2D eigenvalue weighted by Crippen LogP contribution is -2.31. The molecule has 0 bridgehead atoms. The van der Waals surface area contributed by atoms with Gasteiger partial charge in [-0.15, -0.1) is 0 Å². The first-order chi connectivity index (χ1) is 6.74. The quantitative estimate of drug-likeness (QED) is 0.737. The van der Waals surface area contributed by atoms with E-state index in [1.54, 1.807) is 0 Å². The van der Waals surface area contributed by atoms with Crippen LogP contribution in [-0.2, 0) is 6.54 Å². The standard InChI is InChI=1S/C10H18N4/c1-8-11-5-10(13-8)6-12-9-3-4-14(2)7-9/h5,9,12H,3-4,6-7H2,1-2H3,(H,11,13). The molecule has 2 N–H and O–H groups in total. The van der Waals surface area contributed by atoms with Crippen molar-refractivity contribution < 1.29 is 0 Å². The molecular formula is C10H18N4. The second kappa shape index (κ2) is 4.11. The van der Waals surface area contributed by atoms with Crippen LogP contribution >= 0.6 is 0 Å². The predicted molar refractivity (Wildman–Crippen MR) is 56.1 cm³/mol. The monoisotopic (exact) mass is 194 g/mol. The summed E-state index contributed by atoms with van der Waals surface area (Å²) in [5.41, 5.74) is 1.18. The molecule has 0 amide bonds. The summed E-state index contributed by atoms with van der Waals surface area (Å²) in [6, 6.07) is 0.642. The molecule has 0 aromatic carbocycles. The van der Waals surface area contributed by atoms with Gasteiger partial charge in [-0.1, -0.05) is 0 Å². The minimum Gasteiger partial charge on any atom is -0.345 e. The van der Waals surface area contributed by atoms with Gasteiger partial charge < -0.3 is 15.2 Å². The van der Waals surface area contributed by atoms with Gasteiger partial charge in [-0.25, -0.2) is 4.98 Å². The number of H-pyrrole nitrogens is 1. The first-order valence-electron chi connectivity index (χ1n) is 5.16. The van der Waals surface area contributed by atoms with Crippen LogP contribution in [0.1, 0.15) is 17.9 Å². The number of hydrogen-bond donors (Lipinski definition) is 2. The Labute approximate surface area is 84.7 Å². The Balaban J connectivity index is 1.77. The fraction of sp³-hybridized carbons (Fsp3) is 0.700. The highest BCUT2D eigenvalue weighted by molar-refractivity contribution is 4.99. The number of likely N-dealkylation sites (tertiary alicyclic amines) is 1. The van der Waals surface area contributed by atoms with Gasteiger partial charge in [-0.05, 0) is 26.9 Å². The summed E-state index contributed by atoms with van der Waals surface area (Å²) < 4.78 is 0. The fourth-order valence-electron chi connectivity index (χ4n) is 1.92. The van der Waals surface area contributed by atoms with Gasteiger partial charge >= 0.3 is 0 Å². The molecule has 1 aromatic rings. The lowest BCUT2D eigenvalue weighted by molar-refractivity contribution is 0.397. The molecule has 1 aromatic heterocycles. The Bertz CT molecular complexity index is 294. The van der Waals surface area contributed by atoms with Crippen LogP contribution < -0.4 is 5.32 Å². The van der Waals surface area contributed by atoms with Gasteiger partial charge in [0.1, 0.15) is 5.82 Å². The zero-order valence-electron chi connectivity index (χ0n) is 8.88. The molecule has 0 radical (unpaired) electrons. The van der Waals surface area contributed by atoms with Crippen LogP contribution in [0, 0.1) is 6.92 Å². The molecule has 1 aliphatic rings. The molecule has 1 atom stereocenters. The van der Waals surface area contributed by atoms with Crippen molar-refractivity contribution >= 4 is 0 Å². The number of rotatable bonds is 3. The van der Waals surface area contributed by atoms with E-state index in [0.717, 1.165) is 18.9 Å². The SMILES string of the molecule is Cc1ncc(CNC2CCN(C)C2)[nH]1. The van der Waals surface area contributed by atoms with Crippen LogP contribution in [-0.4, -0.2) is 41.0 Å². The van der Waals surface area contributed by atoms with Crippen LogP contribution in [0.15, 0.2) is 6.20 Å². The molecule has 0 saturated carbocycles. The fourth-order valence-corrected chi connectivity index (χ4v) is 1.92. The van der Waals surface area contributed by atoms with Gasteiger partial charge in [0.25, 0.3) is 0 Å². The second-order valence-electron chi connectivity index (χ2n) is 4.12. The second-order valence-corrected chi connectivity index (χ2v) is 4.12. The summed E-state index contributed by atoms with van der Waals surface area (Å²) >= 11 is 0. The summed E-state index contributed by atoms with van der Waals surface area (Å²) in [6.45, 7) is 5.25. The summed E-state index contributed by atoms with van der Waals surface area (Å²) in [7, 11) is 2.17. The van der Waals surface area contributed by atoms with E-state index in [-0.39, 0.29) is 0 Å². The number of nitrogens with zero attached hydrogens (tertiary/aromatic N) is 2. The molecule has 0 aliphatic carbocycles. The molecule has 1 fully saturated rings. The molecule has 2 heterocycles. The molecule has 1 aliphatic heterocycles. The average Bonchev–Trinajstić information content (AvgIpc) is 2.72. The van der Waals surface area contributed by atoms with Crippen molar-refractivity contribution in [2.45, 2.75) is 25.9 Å². The van der Waals surface area contributed by atoms with E-state index in [9.17, 15) is 0 Å². The number of likely N-dealkylation sites (N-methyl/N-ethyl adjacent to an activating group) is 1. The van der Waals surface area contributed by atoms with Crippen molar-refractivity contribution in [1.29, 1.82) is 0 Å². The van der Waals surface area contributed by atoms with Gasteiger partial charge in [-0.2, -0.15) is 0 Å². The molecule has 0 spiro atoms. The largest absolute Gasteiger partial charge is 0.345 e. The first kappa shape index (κ1) is 9.68. The molecule has 78 valence electrons. The topological polar surface area (TPSA) is 44.0 Å². The van der Waals surface area contributed by atoms with E-state index >= 15 is 0 Å². The van der Waals surface area contributed by atoms with E-state index in [2.05, 4.69) is 27.2 Å². The van der Waals surface area contributed by atoms with Crippen LogP contribution in [0.25, 0.3) is 0 Å². The molecule has 4 heteroatoms. The lowest BCUT2D eigenvalue weighted by Gasteiger charge is -2.11. The van der Waals surface area contributed by atoms with Crippen molar-refractivity contribution in [3.63, 3.8) is 0 Å². The van der Waals surface area contributed by atoms with Crippen molar-refractivity contribution in [2.24, 2.45) is 0 Å². The molecule has 1 unspecified atom stereocenters. The van der Waals surface area contributed by atoms with Crippen LogP contribution in [0.2, 0.25) is 0 Å². The minimum absolute atomic E-state index is 0.642. The van der Waals surface area contributed by atoms with E-state index in [0.29, 0.717) is 6.04 Å². The molecule has 1 saturated heterocycles. The minimum atomic E-state index is 0.642. The number of aryl methyl sites for hydroxylation is 1. The Kier molecular flexibility index (Phi) is 2.84. The highest BCUT2D eigenvalue weighted by Crippen LogP contribution is 2.06. The van der Waals surface area contributed by atoms with E-state index < -0.39 is 0 Å². The Morgan fingerprint density at radius 3 is 3.14 bits per heavy atom. The normalized spacial score (nSPS) is 23.1. The van der Waals surface area contributed by atoms with Gasteiger partial charge in [0.2, 0.25) is 0 Å². The Hall–Kier alpha value is -0.870. The van der Waals surface area contributed by atoms with E-state index in [1.165, 1.54) is 18.7 Å². The Morgan fingerprint density at radius 1 is 1.71 bits per heavy atom. The third-order valence-corrected chi connectivity index (χ3v) is 2.73. The average molecular weight is 194 g/mol. The zero-order chi connectivity index (χ0) is 9.97. The van der Waals surface area contributed by atoms with E-state index in [4.69, 9.17) is 0 Å². The third kappa shape index (κ3) is 2.33. The summed E-state index contributed by atoms with van der Waals surface area (Å²) in [4.78, 5) is 9.75. The van der Waals surface area contributed by atoms with Crippen molar-refractivity contribution in [3.05, 3.63) is 17.7 Å². The summed E-state index contributed by atoms with van der Waals surface area (Å²) in [5, 5.41) is 3.53. The highest BCUT2D eigenvalue weighted by atomic mass is 15.2. The van der Waals surface area contributed by atoms with Gasteiger partial charge in [-0.3, -0.25) is 0 Å². The summed E-state index contributed by atoms with van der Waals surface area (Å²) in [6.07, 6.45) is 3.16. The number of nitrogens with one attached hydrogen (secondary N) is 2. The van der Waals surface area contributed by atoms with Gasteiger partial charge in [0, 0.05) is 31.0 Å². The maximum atomic E-state index is 4.17. The van der Waals surface area contributed by atoms with Crippen LogP contribution in [0.5, 0.6) is 0 Å². The smallest absolute Gasteiger partial charge is 0.103 e. The number of aromatic amines is 1. The van der Waals surface area contributed by atoms with Gasteiger partial charge in [0.05, 0.1) is 0 Å². The van der Waals surface area contributed by atoms with E-state index in [1.807, 2.05) is 13.1 Å². The third-order valence-electron chi connectivity index (χ3n) is 2.73. The van der Waals surface area contributed by atoms with Crippen LogP contribution in [0.4, 0.5) is 0 Å². The number of imidazole rings is 1. The number of hydrogen-bond acceptors (Lipinski definition) is 3. The van der Waals surface area contributed by atoms with Gasteiger partial charge in [0.15, 0.2) is 0 Å².